The van der Waals surface area contributed by atoms with Crippen molar-refractivity contribution < 1.29 is 0 Å². The minimum absolute atomic E-state index is 0.678. The first kappa shape index (κ1) is 22.6. The SMILES string of the molecule is C[Si]1C2=C(CCCC2)c2c1ccc1c3ccccc3n(-c3nc(-c4ccccc4)nc(-c4ccccc4)n3)c21. The summed E-state index contributed by atoms with van der Waals surface area (Å²) in [5, 5.41) is 5.80. The Morgan fingerprint density at radius 3 is 2.00 bits per heavy atom. The molecule has 1 radical (unpaired) electrons. The van der Waals surface area contributed by atoms with Gasteiger partial charge in [0, 0.05) is 27.5 Å². The van der Waals surface area contributed by atoms with Crippen molar-refractivity contribution in [1.82, 2.24) is 19.5 Å². The van der Waals surface area contributed by atoms with E-state index in [1.807, 2.05) is 36.4 Å². The topological polar surface area (TPSA) is 43.6 Å². The summed E-state index contributed by atoms with van der Waals surface area (Å²) >= 11 is 0. The van der Waals surface area contributed by atoms with Crippen LogP contribution in [0.25, 0.3) is 56.1 Å². The highest BCUT2D eigenvalue weighted by Crippen LogP contribution is 2.43. The number of para-hydroxylation sites is 1. The van der Waals surface area contributed by atoms with E-state index in [0.29, 0.717) is 17.6 Å². The van der Waals surface area contributed by atoms with Crippen molar-refractivity contribution >= 4 is 41.4 Å². The molecular weight excluding hydrogens is 492 g/mol. The summed E-state index contributed by atoms with van der Waals surface area (Å²) in [5.74, 6) is 2.06. The Balaban J connectivity index is 1.49. The molecule has 1 aliphatic heterocycles. The molecule has 0 atom stereocenters. The number of nitrogens with zero attached hydrogens (tertiary/aromatic N) is 4. The molecule has 2 aliphatic rings. The van der Waals surface area contributed by atoms with Gasteiger partial charge in [-0.25, -0.2) is 4.98 Å². The maximum atomic E-state index is 5.15. The molecular formula is C34H27N4Si. The highest BCUT2D eigenvalue weighted by molar-refractivity contribution is 6.82. The molecule has 39 heavy (non-hydrogen) atoms. The first-order valence-corrected chi connectivity index (χ1v) is 15.8. The van der Waals surface area contributed by atoms with E-state index in [1.54, 1.807) is 16.0 Å². The second-order valence-corrected chi connectivity index (χ2v) is 12.9. The number of fused-ring (bicyclic) bond motifs is 6. The number of hydrogen-bond acceptors (Lipinski definition) is 3. The fourth-order valence-corrected chi connectivity index (χ4v) is 9.10. The van der Waals surface area contributed by atoms with E-state index in [9.17, 15) is 0 Å². The van der Waals surface area contributed by atoms with Gasteiger partial charge < -0.3 is 0 Å². The van der Waals surface area contributed by atoms with Gasteiger partial charge in [0.25, 0.3) is 0 Å². The zero-order chi connectivity index (χ0) is 25.9. The lowest BCUT2D eigenvalue weighted by Gasteiger charge is -2.17. The zero-order valence-corrected chi connectivity index (χ0v) is 22.9. The normalized spacial score (nSPS) is 15.2. The Bertz CT molecular complexity index is 1860. The van der Waals surface area contributed by atoms with Crippen LogP contribution in [0, 0.1) is 0 Å². The second kappa shape index (κ2) is 8.85. The van der Waals surface area contributed by atoms with Gasteiger partial charge in [-0.2, -0.15) is 9.97 Å². The first-order chi connectivity index (χ1) is 19.3. The average molecular weight is 520 g/mol. The standard InChI is InChI=1S/C34H27N4Si/c1-39-28-19-11-9-17-26(28)30-29(39)21-20-25-24-16-8-10-18-27(24)38(31(25)30)34-36-32(22-12-4-2-5-13-22)35-33(37-34)23-14-6-3-7-15-23/h2-8,10,12-16,18,20-21H,9,11,17,19H2,1H3. The maximum Gasteiger partial charge on any atom is 0.238 e. The van der Waals surface area contributed by atoms with Gasteiger partial charge in [0.1, 0.15) is 8.80 Å². The molecule has 0 spiro atoms. The van der Waals surface area contributed by atoms with Gasteiger partial charge in [0.15, 0.2) is 11.6 Å². The predicted molar refractivity (Wildman–Crippen MR) is 162 cm³/mol. The highest BCUT2D eigenvalue weighted by atomic mass is 28.3. The number of benzene rings is 4. The average Bonchev–Trinajstić information content (AvgIpc) is 3.50. The molecule has 0 amide bonds. The Kier molecular flexibility index (Phi) is 5.13. The molecule has 3 heterocycles. The number of rotatable bonds is 3. The predicted octanol–water partition coefficient (Wildman–Crippen LogP) is 7.51. The largest absolute Gasteiger partial charge is 0.277 e. The van der Waals surface area contributed by atoms with Crippen molar-refractivity contribution in [3.05, 3.63) is 108 Å². The molecule has 4 nitrogen and oxygen atoms in total. The summed E-state index contributed by atoms with van der Waals surface area (Å²) < 4.78 is 2.32. The second-order valence-electron chi connectivity index (χ2n) is 10.5. The van der Waals surface area contributed by atoms with Crippen LogP contribution in [0.1, 0.15) is 31.2 Å². The summed E-state index contributed by atoms with van der Waals surface area (Å²) in [7, 11) is -0.726. The van der Waals surface area contributed by atoms with E-state index < -0.39 is 8.80 Å². The molecule has 0 unspecified atom stereocenters. The van der Waals surface area contributed by atoms with Gasteiger partial charge in [-0.3, -0.25) is 4.57 Å². The summed E-state index contributed by atoms with van der Waals surface area (Å²) in [6.45, 7) is 2.49. The molecule has 0 bridgehead atoms. The minimum Gasteiger partial charge on any atom is -0.277 e. The van der Waals surface area contributed by atoms with Crippen molar-refractivity contribution in [3.8, 4) is 28.7 Å². The van der Waals surface area contributed by atoms with E-state index in [2.05, 4.69) is 71.8 Å². The van der Waals surface area contributed by atoms with Crippen LogP contribution in [0.4, 0.5) is 0 Å². The van der Waals surface area contributed by atoms with Crippen molar-refractivity contribution in [2.24, 2.45) is 0 Å². The number of hydrogen-bond donors (Lipinski definition) is 0. The molecule has 0 N–H and O–H groups in total. The summed E-state index contributed by atoms with van der Waals surface area (Å²) in [6.07, 6.45) is 5.01. The van der Waals surface area contributed by atoms with Crippen molar-refractivity contribution in [2.45, 2.75) is 32.2 Å². The monoisotopic (exact) mass is 519 g/mol. The van der Waals surface area contributed by atoms with Crippen LogP contribution in [0.15, 0.2) is 102 Å². The number of allylic oxidation sites excluding steroid dienone is 2. The van der Waals surface area contributed by atoms with E-state index in [0.717, 1.165) is 16.6 Å². The molecule has 0 saturated carbocycles. The molecule has 8 rings (SSSR count). The molecule has 2 aromatic heterocycles. The van der Waals surface area contributed by atoms with Gasteiger partial charge in [-0.15, -0.1) is 0 Å². The van der Waals surface area contributed by atoms with Gasteiger partial charge in [0.05, 0.1) is 11.0 Å². The van der Waals surface area contributed by atoms with Gasteiger partial charge in [-0.1, -0.05) is 103 Å². The fourth-order valence-electron chi connectivity index (χ4n) is 6.54. The van der Waals surface area contributed by atoms with Crippen LogP contribution in [-0.2, 0) is 0 Å². The van der Waals surface area contributed by atoms with Gasteiger partial charge in [-0.05, 0) is 42.5 Å². The van der Waals surface area contributed by atoms with E-state index in [1.165, 1.54) is 47.5 Å². The third kappa shape index (κ3) is 3.46. The van der Waals surface area contributed by atoms with Crippen LogP contribution in [0.5, 0.6) is 0 Å². The summed E-state index contributed by atoms with van der Waals surface area (Å²) in [6, 6.07) is 34.0. The zero-order valence-electron chi connectivity index (χ0n) is 21.9. The van der Waals surface area contributed by atoms with Crippen molar-refractivity contribution in [2.75, 3.05) is 0 Å². The Labute approximate surface area is 229 Å². The van der Waals surface area contributed by atoms with Gasteiger partial charge >= 0.3 is 0 Å². The fraction of sp³-hybridized carbons (Fsp3) is 0.147. The van der Waals surface area contributed by atoms with E-state index in [-0.39, 0.29) is 0 Å². The smallest absolute Gasteiger partial charge is 0.238 e. The quantitative estimate of drug-likeness (QED) is 0.227. The van der Waals surface area contributed by atoms with Crippen molar-refractivity contribution in [1.29, 1.82) is 0 Å². The van der Waals surface area contributed by atoms with Gasteiger partial charge in [0.2, 0.25) is 5.95 Å². The Hall–Kier alpha value is -4.35. The molecule has 1 aliphatic carbocycles. The lowest BCUT2D eigenvalue weighted by Crippen LogP contribution is -2.26. The molecule has 187 valence electrons. The van der Waals surface area contributed by atoms with Crippen LogP contribution in [0.2, 0.25) is 6.55 Å². The first-order valence-electron chi connectivity index (χ1n) is 13.8. The van der Waals surface area contributed by atoms with Crippen LogP contribution in [0.3, 0.4) is 0 Å². The third-order valence-electron chi connectivity index (χ3n) is 8.35. The summed E-state index contributed by atoms with van der Waals surface area (Å²) in [5.41, 5.74) is 7.43. The summed E-state index contributed by atoms with van der Waals surface area (Å²) in [4.78, 5) is 15.3. The Morgan fingerprint density at radius 2 is 1.28 bits per heavy atom. The lowest BCUT2D eigenvalue weighted by molar-refractivity contribution is 0.734. The lowest BCUT2D eigenvalue weighted by atomic mass is 9.92. The van der Waals surface area contributed by atoms with Crippen LogP contribution < -0.4 is 5.19 Å². The number of aromatic nitrogens is 4. The van der Waals surface area contributed by atoms with Crippen molar-refractivity contribution in [3.63, 3.8) is 0 Å². The van der Waals surface area contributed by atoms with Crippen LogP contribution in [-0.4, -0.2) is 28.3 Å². The van der Waals surface area contributed by atoms with E-state index >= 15 is 0 Å². The highest BCUT2D eigenvalue weighted by Gasteiger charge is 2.34. The third-order valence-corrected chi connectivity index (χ3v) is 11.0. The van der Waals surface area contributed by atoms with E-state index in [4.69, 9.17) is 15.0 Å². The van der Waals surface area contributed by atoms with Crippen LogP contribution >= 0.6 is 0 Å². The molecule has 0 fully saturated rings. The molecule has 0 saturated heterocycles. The maximum absolute atomic E-state index is 5.15. The Morgan fingerprint density at radius 1 is 0.641 bits per heavy atom. The molecule has 5 heteroatoms. The minimum atomic E-state index is -0.726. The molecule has 4 aromatic carbocycles. The molecule has 6 aromatic rings.